The molecule has 4 aromatic rings. The van der Waals surface area contributed by atoms with Crippen LogP contribution in [0.15, 0.2) is 65.2 Å². The average molecular weight is 457 g/mol. The molecule has 1 saturated heterocycles. The summed E-state index contributed by atoms with van der Waals surface area (Å²) in [5, 5.41) is 16.1. The highest BCUT2D eigenvalue weighted by atomic mass is 19.1. The van der Waals surface area contributed by atoms with Crippen LogP contribution < -0.4 is 9.80 Å². The Balaban J connectivity index is 1.25. The van der Waals surface area contributed by atoms with Crippen molar-refractivity contribution >= 4 is 34.2 Å². The second kappa shape index (κ2) is 7.69. The minimum Gasteiger partial charge on any atom is -0.504 e. The summed E-state index contributed by atoms with van der Waals surface area (Å²) in [4.78, 5) is 28.9. The number of amides is 2. The molecule has 0 saturated carbocycles. The lowest BCUT2D eigenvalue weighted by molar-refractivity contribution is 0.0925. The minimum atomic E-state index is -0.443. The molecule has 1 aromatic heterocycles. The first-order chi connectivity index (χ1) is 16.5. The predicted octanol–water partition coefficient (Wildman–Crippen LogP) is 4.86. The molecule has 0 atom stereocenters. The van der Waals surface area contributed by atoms with Gasteiger partial charge in [-0.15, -0.1) is 0 Å². The van der Waals surface area contributed by atoms with Crippen molar-refractivity contribution < 1.29 is 23.6 Å². The van der Waals surface area contributed by atoms with Gasteiger partial charge in [-0.05, 0) is 49.2 Å². The highest BCUT2D eigenvalue weighted by Crippen LogP contribution is 2.42. The van der Waals surface area contributed by atoms with Gasteiger partial charge in [0.15, 0.2) is 11.3 Å². The van der Waals surface area contributed by atoms with Gasteiger partial charge in [-0.3, -0.25) is 9.59 Å². The van der Waals surface area contributed by atoms with Crippen molar-refractivity contribution in [2.45, 2.75) is 18.8 Å². The number of anilines is 2. The number of fused-ring (bicyclic) bond motifs is 2. The van der Waals surface area contributed by atoms with Gasteiger partial charge in [-0.25, -0.2) is 9.29 Å². The number of benzene rings is 3. The van der Waals surface area contributed by atoms with E-state index < -0.39 is 11.8 Å². The summed E-state index contributed by atoms with van der Waals surface area (Å²) in [5.74, 6) is -1.21. The van der Waals surface area contributed by atoms with E-state index in [-0.39, 0.29) is 23.2 Å². The number of aromatic hydroxyl groups is 1. The number of carbonyl (C=O) groups excluding carboxylic acids is 2. The molecule has 170 valence electrons. The van der Waals surface area contributed by atoms with Crippen molar-refractivity contribution in [2.75, 3.05) is 22.9 Å². The Hall–Kier alpha value is -4.20. The number of nitrogens with zero attached hydrogens (tertiary/aromatic N) is 3. The number of aromatic nitrogens is 1. The van der Waals surface area contributed by atoms with Gasteiger partial charge in [-0.1, -0.05) is 23.4 Å². The van der Waals surface area contributed by atoms with Crippen LogP contribution in [0.5, 0.6) is 5.75 Å². The molecule has 3 aromatic carbocycles. The number of halogens is 1. The molecule has 7 nitrogen and oxygen atoms in total. The molecular formula is C26H20FN3O4. The van der Waals surface area contributed by atoms with E-state index in [1.54, 1.807) is 48.5 Å². The normalized spacial score (nSPS) is 16.5. The summed E-state index contributed by atoms with van der Waals surface area (Å²) in [6, 6.07) is 16.2. The van der Waals surface area contributed by atoms with Crippen LogP contribution in [0, 0.1) is 5.82 Å². The molecule has 0 unspecified atom stereocenters. The van der Waals surface area contributed by atoms with Crippen molar-refractivity contribution in [1.29, 1.82) is 0 Å². The maximum atomic E-state index is 13.5. The van der Waals surface area contributed by atoms with Crippen molar-refractivity contribution in [2.24, 2.45) is 0 Å². The number of hydrogen-bond acceptors (Lipinski definition) is 6. The van der Waals surface area contributed by atoms with E-state index in [1.807, 2.05) is 4.90 Å². The van der Waals surface area contributed by atoms with Gasteiger partial charge in [0.05, 0.1) is 28.2 Å². The Morgan fingerprint density at radius 3 is 2.29 bits per heavy atom. The van der Waals surface area contributed by atoms with Gasteiger partial charge in [0.1, 0.15) is 5.82 Å². The Bertz CT molecular complexity index is 1420. The number of phenols is 1. The Morgan fingerprint density at radius 2 is 1.59 bits per heavy atom. The van der Waals surface area contributed by atoms with Gasteiger partial charge >= 0.3 is 0 Å². The monoisotopic (exact) mass is 457 g/mol. The fourth-order valence-corrected chi connectivity index (χ4v) is 4.98. The first kappa shape index (κ1) is 20.4. The van der Waals surface area contributed by atoms with Gasteiger partial charge in [0.2, 0.25) is 0 Å². The first-order valence-electron chi connectivity index (χ1n) is 11.1. The molecule has 0 aliphatic carbocycles. The lowest BCUT2D eigenvalue weighted by Crippen LogP contribution is -2.34. The van der Waals surface area contributed by atoms with E-state index >= 15 is 0 Å². The standard InChI is InChI=1S/C26H20FN3O4/c27-16-8-9-19-22(14-16)34-28-23(19)15-10-12-29(13-11-15)20-6-3-7-21(24(20)31)30-25(32)17-4-1-2-5-18(17)26(30)33/h1-9,14-15,31H,10-13H2. The number of rotatable bonds is 3. The molecule has 0 spiro atoms. The molecular weight excluding hydrogens is 437 g/mol. The smallest absolute Gasteiger partial charge is 0.266 e. The quantitative estimate of drug-likeness (QED) is 0.442. The number of para-hydroxylation sites is 1. The summed E-state index contributed by atoms with van der Waals surface area (Å²) < 4.78 is 18.8. The van der Waals surface area contributed by atoms with Crippen LogP contribution in [0.1, 0.15) is 45.2 Å². The second-order valence-electron chi connectivity index (χ2n) is 8.61. The molecule has 2 aliphatic rings. The van der Waals surface area contributed by atoms with E-state index in [1.165, 1.54) is 12.1 Å². The van der Waals surface area contributed by atoms with E-state index in [4.69, 9.17) is 4.52 Å². The molecule has 2 aliphatic heterocycles. The van der Waals surface area contributed by atoms with Crippen LogP contribution in [-0.2, 0) is 0 Å². The molecule has 1 N–H and O–H groups in total. The number of hydrogen-bond donors (Lipinski definition) is 1. The summed E-state index contributed by atoms with van der Waals surface area (Å²) in [5.41, 5.74) is 2.66. The third kappa shape index (κ3) is 3.06. The maximum Gasteiger partial charge on any atom is 0.266 e. The number of imide groups is 1. The fraction of sp³-hybridized carbons (Fsp3) is 0.192. The highest BCUT2D eigenvalue weighted by Gasteiger charge is 2.38. The number of phenolic OH excluding ortho intramolecular Hbond substituents is 1. The maximum absolute atomic E-state index is 13.5. The second-order valence-corrected chi connectivity index (χ2v) is 8.61. The van der Waals surface area contributed by atoms with E-state index in [9.17, 15) is 19.1 Å². The molecule has 3 heterocycles. The zero-order valence-electron chi connectivity index (χ0n) is 18.1. The van der Waals surface area contributed by atoms with Gasteiger partial charge in [0, 0.05) is 30.5 Å². The third-order valence-corrected chi connectivity index (χ3v) is 6.71. The topological polar surface area (TPSA) is 86.9 Å². The molecule has 0 radical (unpaired) electrons. The van der Waals surface area contributed by atoms with Crippen LogP contribution in [0.25, 0.3) is 11.0 Å². The lowest BCUT2D eigenvalue weighted by atomic mass is 9.91. The van der Waals surface area contributed by atoms with Crippen molar-refractivity contribution in [3.05, 3.63) is 83.3 Å². The minimum absolute atomic E-state index is 0.0992. The summed E-state index contributed by atoms with van der Waals surface area (Å²) >= 11 is 0. The molecule has 1 fully saturated rings. The highest BCUT2D eigenvalue weighted by molar-refractivity contribution is 6.35. The summed E-state index contributed by atoms with van der Waals surface area (Å²) in [6.45, 7) is 1.28. The van der Waals surface area contributed by atoms with Crippen LogP contribution in [0.3, 0.4) is 0 Å². The van der Waals surface area contributed by atoms with E-state index in [0.29, 0.717) is 35.5 Å². The lowest BCUT2D eigenvalue weighted by Gasteiger charge is -2.34. The largest absolute Gasteiger partial charge is 0.504 e. The summed E-state index contributed by atoms with van der Waals surface area (Å²) in [7, 11) is 0. The summed E-state index contributed by atoms with van der Waals surface area (Å²) in [6.07, 6.45) is 1.52. The Kier molecular flexibility index (Phi) is 4.62. The van der Waals surface area contributed by atoms with Crippen molar-refractivity contribution in [1.82, 2.24) is 5.16 Å². The SMILES string of the molecule is O=C1c2ccccc2C(=O)N1c1cccc(N2CCC(c3noc4cc(F)ccc34)CC2)c1O. The molecule has 34 heavy (non-hydrogen) atoms. The van der Waals surface area contributed by atoms with Crippen LogP contribution >= 0.6 is 0 Å². The van der Waals surface area contributed by atoms with E-state index in [0.717, 1.165) is 28.8 Å². The zero-order valence-corrected chi connectivity index (χ0v) is 18.1. The van der Waals surface area contributed by atoms with Gasteiger partial charge in [0.25, 0.3) is 11.8 Å². The number of piperidine rings is 1. The van der Waals surface area contributed by atoms with Gasteiger partial charge < -0.3 is 14.5 Å². The first-order valence-corrected chi connectivity index (χ1v) is 11.1. The predicted molar refractivity (Wildman–Crippen MR) is 124 cm³/mol. The average Bonchev–Trinajstić information content (AvgIpc) is 3.38. The molecule has 8 heteroatoms. The zero-order chi connectivity index (χ0) is 23.4. The Labute approximate surface area is 194 Å². The molecule has 2 amide bonds. The Morgan fingerprint density at radius 1 is 0.912 bits per heavy atom. The van der Waals surface area contributed by atoms with Crippen LogP contribution in [0.2, 0.25) is 0 Å². The van der Waals surface area contributed by atoms with Crippen LogP contribution in [-0.4, -0.2) is 35.2 Å². The van der Waals surface area contributed by atoms with Crippen LogP contribution in [0.4, 0.5) is 15.8 Å². The fourth-order valence-electron chi connectivity index (χ4n) is 4.98. The van der Waals surface area contributed by atoms with E-state index in [2.05, 4.69) is 5.16 Å². The molecule has 6 rings (SSSR count). The third-order valence-electron chi connectivity index (χ3n) is 6.71. The van der Waals surface area contributed by atoms with Crippen molar-refractivity contribution in [3.8, 4) is 5.75 Å². The molecule has 0 bridgehead atoms. The van der Waals surface area contributed by atoms with Crippen molar-refractivity contribution in [3.63, 3.8) is 0 Å². The number of carbonyl (C=O) groups is 2. The van der Waals surface area contributed by atoms with Gasteiger partial charge in [-0.2, -0.15) is 0 Å².